The highest BCUT2D eigenvalue weighted by atomic mass is 32.2. The number of hydrogen-bond acceptors (Lipinski definition) is 5. The van der Waals surface area contributed by atoms with Crippen molar-refractivity contribution in [2.75, 3.05) is 0 Å². The van der Waals surface area contributed by atoms with Crippen LogP contribution >= 0.6 is 23.5 Å². The number of benzene rings is 2. The van der Waals surface area contributed by atoms with Crippen LogP contribution in [-0.4, -0.2) is 20.6 Å². The highest BCUT2D eigenvalue weighted by Crippen LogP contribution is 2.57. The summed E-state index contributed by atoms with van der Waals surface area (Å²) in [5, 5.41) is 13.8. The van der Waals surface area contributed by atoms with Gasteiger partial charge in [-0.3, -0.25) is 10.1 Å². The molecule has 2 atom stereocenters. The SMILES string of the molecule is O=[N+]([O-])c1ccc(SC2C3SC=C(c4ccccc4)N32)cc1. The van der Waals surface area contributed by atoms with Gasteiger partial charge in [-0.05, 0) is 23.1 Å². The lowest BCUT2D eigenvalue weighted by atomic mass is 10.2. The Balaban J connectivity index is 1.46. The topological polar surface area (TPSA) is 46.1 Å². The molecule has 0 spiro atoms. The second kappa shape index (κ2) is 5.37. The molecule has 0 bridgehead atoms. The number of thioether (sulfide) groups is 2. The van der Waals surface area contributed by atoms with Gasteiger partial charge in [0, 0.05) is 17.0 Å². The van der Waals surface area contributed by atoms with Crippen molar-refractivity contribution >= 4 is 34.9 Å². The van der Waals surface area contributed by atoms with E-state index in [1.54, 1.807) is 23.9 Å². The van der Waals surface area contributed by atoms with Crippen LogP contribution in [0.2, 0.25) is 0 Å². The number of fused-ring (bicyclic) bond motifs is 1. The molecule has 2 aliphatic heterocycles. The van der Waals surface area contributed by atoms with Gasteiger partial charge in [-0.2, -0.15) is 0 Å². The van der Waals surface area contributed by atoms with E-state index in [1.807, 2.05) is 30.0 Å². The minimum absolute atomic E-state index is 0.139. The summed E-state index contributed by atoms with van der Waals surface area (Å²) < 4.78 is 0. The second-order valence-corrected chi connectivity index (χ2v) is 7.24. The van der Waals surface area contributed by atoms with Gasteiger partial charge < -0.3 is 4.90 Å². The molecule has 0 radical (unpaired) electrons. The Morgan fingerprint density at radius 2 is 1.82 bits per heavy atom. The first-order chi connectivity index (χ1) is 10.7. The Labute approximate surface area is 136 Å². The molecule has 4 nitrogen and oxygen atoms in total. The van der Waals surface area contributed by atoms with Crippen LogP contribution < -0.4 is 0 Å². The maximum absolute atomic E-state index is 10.7. The summed E-state index contributed by atoms with van der Waals surface area (Å²) >= 11 is 3.61. The lowest BCUT2D eigenvalue weighted by Crippen LogP contribution is -1.97. The van der Waals surface area contributed by atoms with Crippen LogP contribution in [0.15, 0.2) is 64.9 Å². The number of non-ortho nitro benzene ring substituents is 1. The van der Waals surface area contributed by atoms with E-state index in [0.29, 0.717) is 10.7 Å². The van der Waals surface area contributed by atoms with Gasteiger partial charge in [-0.1, -0.05) is 42.1 Å². The van der Waals surface area contributed by atoms with E-state index in [0.717, 1.165) is 4.90 Å². The van der Waals surface area contributed by atoms with Crippen LogP contribution in [0.5, 0.6) is 0 Å². The summed E-state index contributed by atoms with van der Waals surface area (Å²) in [4.78, 5) is 13.8. The largest absolute Gasteiger partial charge is 0.340 e. The van der Waals surface area contributed by atoms with E-state index < -0.39 is 0 Å². The molecule has 1 saturated heterocycles. The third kappa shape index (κ3) is 2.38. The zero-order valence-corrected chi connectivity index (χ0v) is 13.1. The summed E-state index contributed by atoms with van der Waals surface area (Å²) in [6, 6.07) is 17.2. The first-order valence-electron chi connectivity index (χ1n) is 6.84. The van der Waals surface area contributed by atoms with E-state index in [2.05, 4.69) is 34.6 Å². The van der Waals surface area contributed by atoms with Crippen LogP contribution in [0.3, 0.4) is 0 Å². The first-order valence-corrected chi connectivity index (χ1v) is 8.67. The Hall–Kier alpha value is -1.92. The van der Waals surface area contributed by atoms with Gasteiger partial charge in [0.15, 0.2) is 0 Å². The van der Waals surface area contributed by atoms with E-state index in [1.165, 1.54) is 11.3 Å². The average Bonchev–Trinajstić information content (AvgIpc) is 3.03. The van der Waals surface area contributed by atoms with Gasteiger partial charge >= 0.3 is 0 Å². The first kappa shape index (κ1) is 13.7. The zero-order chi connectivity index (χ0) is 15.1. The normalized spacial score (nSPS) is 22.2. The van der Waals surface area contributed by atoms with Gasteiger partial charge in [0.1, 0.15) is 10.7 Å². The number of nitrogens with zero attached hydrogens (tertiary/aromatic N) is 2. The molecule has 6 heteroatoms. The van der Waals surface area contributed by atoms with Crippen molar-refractivity contribution in [2.24, 2.45) is 0 Å². The van der Waals surface area contributed by atoms with Crippen LogP contribution in [0.4, 0.5) is 5.69 Å². The van der Waals surface area contributed by atoms with Crippen molar-refractivity contribution in [3.05, 3.63) is 75.7 Å². The minimum Gasteiger partial charge on any atom is -0.340 e. The monoisotopic (exact) mass is 328 g/mol. The molecule has 22 heavy (non-hydrogen) atoms. The molecule has 2 heterocycles. The maximum atomic E-state index is 10.7. The highest BCUT2D eigenvalue weighted by Gasteiger charge is 2.53. The van der Waals surface area contributed by atoms with Crippen molar-refractivity contribution in [1.82, 2.24) is 4.90 Å². The minimum atomic E-state index is -0.365. The summed E-state index contributed by atoms with van der Waals surface area (Å²) in [6.07, 6.45) is 0. The van der Waals surface area contributed by atoms with E-state index in [-0.39, 0.29) is 10.6 Å². The zero-order valence-electron chi connectivity index (χ0n) is 11.5. The third-order valence-corrected chi connectivity index (χ3v) is 6.24. The standard InChI is InChI=1S/C16H12N2O2S2/c19-18(20)12-6-8-13(9-7-12)22-16-15-17(16)14(10-21-15)11-4-2-1-3-5-11/h1-10,15-16H. The predicted molar refractivity (Wildman–Crippen MR) is 90.4 cm³/mol. The molecular formula is C16H12N2O2S2. The quantitative estimate of drug-likeness (QED) is 0.473. The van der Waals surface area contributed by atoms with E-state index in [9.17, 15) is 10.1 Å². The van der Waals surface area contributed by atoms with Crippen molar-refractivity contribution < 1.29 is 4.92 Å². The molecular weight excluding hydrogens is 316 g/mol. The Morgan fingerprint density at radius 3 is 2.50 bits per heavy atom. The summed E-state index contributed by atoms with van der Waals surface area (Å²) in [5.74, 6) is 0. The van der Waals surface area contributed by atoms with E-state index in [4.69, 9.17) is 0 Å². The van der Waals surface area contributed by atoms with Crippen molar-refractivity contribution in [1.29, 1.82) is 0 Å². The molecule has 2 aromatic rings. The van der Waals surface area contributed by atoms with E-state index >= 15 is 0 Å². The molecule has 110 valence electrons. The fraction of sp³-hybridized carbons (Fsp3) is 0.125. The molecule has 0 aliphatic carbocycles. The predicted octanol–water partition coefficient (Wildman–Crippen LogP) is 4.40. The van der Waals surface area contributed by atoms with Gasteiger partial charge in [0.2, 0.25) is 0 Å². The van der Waals surface area contributed by atoms with Gasteiger partial charge in [0.05, 0.1) is 10.6 Å². The summed E-state index contributed by atoms with van der Waals surface area (Å²) in [7, 11) is 0. The number of rotatable bonds is 4. The van der Waals surface area contributed by atoms with Gasteiger partial charge in [-0.25, -0.2) is 0 Å². The van der Waals surface area contributed by atoms with Gasteiger partial charge in [0.25, 0.3) is 5.69 Å². The Bertz CT molecular complexity index is 747. The molecule has 4 rings (SSSR count). The summed E-state index contributed by atoms with van der Waals surface area (Å²) in [6.45, 7) is 0. The van der Waals surface area contributed by atoms with Gasteiger partial charge in [-0.15, -0.1) is 11.8 Å². The number of hydrogen-bond donors (Lipinski definition) is 0. The molecule has 2 aliphatic rings. The molecule has 2 unspecified atom stereocenters. The second-order valence-electron chi connectivity index (χ2n) is 5.06. The fourth-order valence-corrected chi connectivity index (χ4v) is 5.16. The van der Waals surface area contributed by atoms with Crippen LogP contribution in [-0.2, 0) is 0 Å². The highest BCUT2D eigenvalue weighted by molar-refractivity contribution is 8.06. The smallest absolute Gasteiger partial charge is 0.269 e. The molecule has 0 amide bonds. The van der Waals surface area contributed by atoms with Crippen LogP contribution in [0, 0.1) is 10.1 Å². The van der Waals surface area contributed by atoms with Crippen LogP contribution in [0.1, 0.15) is 5.56 Å². The number of nitro benzene ring substituents is 1. The lowest BCUT2D eigenvalue weighted by molar-refractivity contribution is -0.384. The van der Waals surface area contributed by atoms with Crippen molar-refractivity contribution in [2.45, 2.75) is 15.6 Å². The number of nitro groups is 1. The van der Waals surface area contributed by atoms with Crippen molar-refractivity contribution in [3.8, 4) is 0 Å². The fourth-order valence-electron chi connectivity index (χ4n) is 2.52. The molecule has 0 saturated carbocycles. The van der Waals surface area contributed by atoms with Crippen LogP contribution in [0.25, 0.3) is 5.70 Å². The maximum Gasteiger partial charge on any atom is 0.269 e. The average molecular weight is 328 g/mol. The molecule has 0 aromatic heterocycles. The summed E-state index contributed by atoms with van der Waals surface area (Å²) in [5.41, 5.74) is 2.65. The molecule has 0 N–H and O–H groups in total. The Kier molecular flexibility index (Phi) is 3.35. The van der Waals surface area contributed by atoms with Crippen molar-refractivity contribution in [3.63, 3.8) is 0 Å². The molecule has 1 fully saturated rings. The lowest BCUT2D eigenvalue weighted by Gasteiger charge is -2.08. The molecule has 2 aromatic carbocycles. The Morgan fingerprint density at radius 1 is 1.09 bits per heavy atom. The third-order valence-electron chi connectivity index (χ3n) is 3.67.